The van der Waals surface area contributed by atoms with Crippen molar-refractivity contribution in [3.8, 4) is 5.75 Å². The Hall–Kier alpha value is -2.29. The van der Waals surface area contributed by atoms with Gasteiger partial charge in [-0.2, -0.15) is 0 Å². The third-order valence-corrected chi connectivity index (χ3v) is 9.04. The Morgan fingerprint density at radius 3 is 2.66 bits per heavy atom. The highest BCUT2D eigenvalue weighted by Crippen LogP contribution is 2.62. The van der Waals surface area contributed by atoms with Gasteiger partial charge in [0.15, 0.2) is 0 Å². The molecule has 32 heavy (non-hydrogen) atoms. The maximum Gasteiger partial charge on any atom is 0.223 e. The summed E-state index contributed by atoms with van der Waals surface area (Å²) >= 11 is 0. The summed E-state index contributed by atoms with van der Waals surface area (Å²) in [6.07, 6.45) is 9.52. The molecule has 3 nitrogen and oxygen atoms in total. The van der Waals surface area contributed by atoms with Crippen LogP contribution in [0.2, 0.25) is 0 Å². The molecule has 3 fully saturated rings. The Morgan fingerprint density at radius 2 is 1.84 bits per heavy atom. The highest BCUT2D eigenvalue weighted by atomic mass is 16.5. The third-order valence-electron chi connectivity index (χ3n) is 9.04. The summed E-state index contributed by atoms with van der Waals surface area (Å²) < 4.78 is 6.12. The molecule has 0 unspecified atom stereocenters. The molecular weight excluding hydrogens is 394 g/mol. The second kappa shape index (κ2) is 7.93. The lowest BCUT2D eigenvalue weighted by Gasteiger charge is -2.50. The molecule has 5 atom stereocenters. The van der Waals surface area contributed by atoms with Gasteiger partial charge in [-0.1, -0.05) is 43.3 Å². The smallest absolute Gasteiger partial charge is 0.223 e. The van der Waals surface area contributed by atoms with E-state index in [1.807, 2.05) is 6.07 Å². The fourth-order valence-corrected chi connectivity index (χ4v) is 7.28. The average molecular weight is 430 g/mol. The van der Waals surface area contributed by atoms with Crippen molar-refractivity contribution >= 4 is 5.91 Å². The molecule has 0 aliphatic heterocycles. The van der Waals surface area contributed by atoms with Gasteiger partial charge in [-0.3, -0.25) is 4.79 Å². The minimum atomic E-state index is 0.225. The van der Waals surface area contributed by atoms with E-state index in [0.29, 0.717) is 41.7 Å². The first-order valence-electron chi connectivity index (χ1n) is 12.7. The van der Waals surface area contributed by atoms with Gasteiger partial charge in [0.25, 0.3) is 0 Å². The molecule has 3 saturated carbocycles. The zero-order valence-corrected chi connectivity index (χ0v) is 19.2. The molecule has 2 aromatic carbocycles. The summed E-state index contributed by atoms with van der Waals surface area (Å²) in [6, 6.07) is 17.6. The van der Waals surface area contributed by atoms with Gasteiger partial charge in [-0.15, -0.1) is 0 Å². The van der Waals surface area contributed by atoms with Crippen LogP contribution in [-0.4, -0.2) is 11.9 Å². The maximum atomic E-state index is 13.1. The standard InChI is InChI=1S/C29H35NO2/c1-29-15-13-24-23-12-10-22(32-18-19-5-3-2-4-6-19)17-20(23)7-11-25(24)27(29)26(14-16-29)28(31)30-21-8-9-21/h2-6,10,12,17,21,24-27H,7-9,11,13-16,18H2,1H3,(H,30,31)/t24-,25-,26+,27-,29-/m1/s1. The monoisotopic (exact) mass is 429 g/mol. The predicted octanol–water partition coefficient (Wildman–Crippen LogP) is 6.02. The first kappa shape index (κ1) is 20.3. The summed E-state index contributed by atoms with van der Waals surface area (Å²) in [4.78, 5) is 13.1. The van der Waals surface area contributed by atoms with Crippen molar-refractivity contribution in [2.24, 2.45) is 23.2 Å². The predicted molar refractivity (Wildman–Crippen MR) is 126 cm³/mol. The molecule has 3 heteroatoms. The van der Waals surface area contributed by atoms with Crippen molar-refractivity contribution in [1.29, 1.82) is 0 Å². The van der Waals surface area contributed by atoms with Crippen molar-refractivity contribution in [3.63, 3.8) is 0 Å². The first-order valence-corrected chi connectivity index (χ1v) is 12.7. The Balaban J connectivity index is 1.21. The number of benzene rings is 2. The SMILES string of the molecule is C[C@@]12CC[C@H](C(=O)NC3CC3)[C@H]1[C@@H]1CCc3cc(OCc4ccccc4)ccc3[C@H]1CC2. The zero-order valence-electron chi connectivity index (χ0n) is 19.2. The van der Waals surface area contributed by atoms with E-state index < -0.39 is 0 Å². The second-order valence-electron chi connectivity index (χ2n) is 11.1. The molecule has 0 radical (unpaired) electrons. The molecule has 0 heterocycles. The number of carbonyl (C=O) groups is 1. The molecule has 0 saturated heterocycles. The summed E-state index contributed by atoms with van der Waals surface area (Å²) in [5.41, 5.74) is 4.55. The van der Waals surface area contributed by atoms with Crippen molar-refractivity contribution in [2.45, 2.75) is 76.9 Å². The average Bonchev–Trinajstić information content (AvgIpc) is 3.55. The van der Waals surface area contributed by atoms with Crippen LogP contribution in [-0.2, 0) is 17.8 Å². The van der Waals surface area contributed by atoms with E-state index in [-0.39, 0.29) is 5.92 Å². The second-order valence-corrected chi connectivity index (χ2v) is 11.1. The molecule has 168 valence electrons. The number of rotatable bonds is 5. The normalized spacial score (nSPS) is 33.0. The van der Waals surface area contributed by atoms with Gasteiger partial charge in [0.05, 0.1) is 0 Å². The Morgan fingerprint density at radius 1 is 1.03 bits per heavy atom. The molecule has 0 aromatic heterocycles. The van der Waals surface area contributed by atoms with E-state index in [1.54, 1.807) is 0 Å². The molecule has 6 rings (SSSR count). The summed E-state index contributed by atoms with van der Waals surface area (Å²) in [7, 11) is 0. The number of nitrogens with one attached hydrogen (secondary N) is 1. The highest BCUT2D eigenvalue weighted by Gasteiger charge is 2.56. The lowest BCUT2D eigenvalue weighted by atomic mass is 9.54. The molecule has 0 spiro atoms. The number of hydrogen-bond acceptors (Lipinski definition) is 2. The Bertz CT molecular complexity index is 997. The number of fused-ring (bicyclic) bond motifs is 5. The van der Waals surface area contributed by atoms with Crippen molar-refractivity contribution in [2.75, 3.05) is 0 Å². The topological polar surface area (TPSA) is 38.3 Å². The van der Waals surface area contributed by atoms with Crippen LogP contribution in [0.15, 0.2) is 48.5 Å². The van der Waals surface area contributed by atoms with Crippen LogP contribution in [0.4, 0.5) is 0 Å². The van der Waals surface area contributed by atoms with Crippen molar-refractivity contribution in [1.82, 2.24) is 5.32 Å². The Labute approximate surface area is 191 Å². The van der Waals surface area contributed by atoms with Gasteiger partial charge in [0.2, 0.25) is 5.91 Å². The third kappa shape index (κ3) is 3.64. The van der Waals surface area contributed by atoms with Gasteiger partial charge in [-0.05, 0) is 103 Å². The lowest BCUT2D eigenvalue weighted by Crippen LogP contribution is -2.46. The molecule has 1 amide bonds. The van der Waals surface area contributed by atoms with Gasteiger partial charge in [-0.25, -0.2) is 0 Å². The molecular formula is C29H35NO2. The zero-order chi connectivity index (χ0) is 21.7. The number of hydrogen-bond donors (Lipinski definition) is 1. The fourth-order valence-electron chi connectivity index (χ4n) is 7.28. The molecule has 4 aliphatic rings. The highest BCUT2D eigenvalue weighted by molar-refractivity contribution is 5.80. The number of aryl methyl sites for hydroxylation is 1. The van der Waals surface area contributed by atoms with Crippen LogP contribution in [0.25, 0.3) is 0 Å². The summed E-state index contributed by atoms with van der Waals surface area (Å²) in [5.74, 6) is 3.36. The van der Waals surface area contributed by atoms with Crippen LogP contribution in [0.1, 0.15) is 74.5 Å². The van der Waals surface area contributed by atoms with E-state index >= 15 is 0 Å². The largest absolute Gasteiger partial charge is 0.489 e. The van der Waals surface area contributed by atoms with Gasteiger partial charge in [0, 0.05) is 12.0 Å². The van der Waals surface area contributed by atoms with Crippen LogP contribution in [0.5, 0.6) is 5.75 Å². The summed E-state index contributed by atoms with van der Waals surface area (Å²) in [6.45, 7) is 3.10. The minimum Gasteiger partial charge on any atom is -0.489 e. The van der Waals surface area contributed by atoms with E-state index in [2.05, 4.69) is 54.7 Å². The van der Waals surface area contributed by atoms with Crippen molar-refractivity contribution in [3.05, 3.63) is 65.2 Å². The molecule has 2 aromatic rings. The van der Waals surface area contributed by atoms with E-state index in [9.17, 15) is 4.79 Å². The minimum absolute atomic E-state index is 0.225. The number of carbonyl (C=O) groups excluding carboxylic acids is 1. The van der Waals surface area contributed by atoms with Crippen LogP contribution < -0.4 is 10.1 Å². The van der Waals surface area contributed by atoms with Gasteiger partial charge in [0.1, 0.15) is 12.4 Å². The summed E-state index contributed by atoms with van der Waals surface area (Å²) in [5, 5.41) is 3.34. The van der Waals surface area contributed by atoms with Crippen LogP contribution >= 0.6 is 0 Å². The van der Waals surface area contributed by atoms with Gasteiger partial charge >= 0.3 is 0 Å². The maximum absolute atomic E-state index is 13.1. The van der Waals surface area contributed by atoms with Gasteiger partial charge < -0.3 is 10.1 Å². The fraction of sp³-hybridized carbons (Fsp3) is 0.552. The van der Waals surface area contributed by atoms with Crippen LogP contribution in [0, 0.1) is 23.2 Å². The van der Waals surface area contributed by atoms with E-state index in [1.165, 1.54) is 55.2 Å². The van der Waals surface area contributed by atoms with Crippen molar-refractivity contribution < 1.29 is 9.53 Å². The number of amides is 1. The Kier molecular flexibility index (Phi) is 5.04. The lowest BCUT2D eigenvalue weighted by molar-refractivity contribution is -0.128. The van der Waals surface area contributed by atoms with E-state index in [0.717, 1.165) is 18.6 Å². The number of ether oxygens (including phenoxy) is 1. The van der Waals surface area contributed by atoms with E-state index in [4.69, 9.17) is 4.74 Å². The molecule has 4 aliphatic carbocycles. The molecule has 0 bridgehead atoms. The van der Waals surface area contributed by atoms with Crippen LogP contribution in [0.3, 0.4) is 0 Å². The quantitative estimate of drug-likeness (QED) is 0.631. The first-order chi connectivity index (χ1) is 15.6. The molecule has 1 N–H and O–H groups in total.